The van der Waals surface area contributed by atoms with Gasteiger partial charge in [0.15, 0.2) is 0 Å². The molecule has 1 fully saturated rings. The molecule has 10 heteroatoms. The summed E-state index contributed by atoms with van der Waals surface area (Å²) in [7, 11) is 3.73. The molecule has 0 atom stereocenters. The summed E-state index contributed by atoms with van der Waals surface area (Å²) in [5.41, 5.74) is 4.07. The number of carbonyl (C=O) groups is 1. The van der Waals surface area contributed by atoms with Gasteiger partial charge in [0.2, 0.25) is 0 Å². The summed E-state index contributed by atoms with van der Waals surface area (Å²) in [5, 5.41) is 0.999. The lowest BCUT2D eigenvalue weighted by molar-refractivity contribution is 0.0544. The number of aromatic amines is 1. The van der Waals surface area contributed by atoms with E-state index in [1.165, 1.54) is 0 Å². The Balaban J connectivity index is 1.24. The third-order valence-electron chi connectivity index (χ3n) is 6.70. The van der Waals surface area contributed by atoms with Crippen molar-refractivity contribution >= 4 is 16.8 Å². The molecular weight excluding hydrogens is 496 g/mol. The third kappa shape index (κ3) is 6.97. The smallest absolute Gasteiger partial charge is 0.270 e. The number of piperazine rings is 1. The van der Waals surface area contributed by atoms with E-state index >= 15 is 0 Å². The van der Waals surface area contributed by atoms with E-state index < -0.39 is 0 Å². The van der Waals surface area contributed by atoms with Crippen molar-refractivity contribution in [2.24, 2.45) is 0 Å². The van der Waals surface area contributed by atoms with Gasteiger partial charge in [-0.3, -0.25) is 9.78 Å². The SMILES string of the molecule is COCCOCCOc1ccnc(-c2ccnc(Cc3ccc4[nH]c(C(=O)N5CCN(C)CC5)cc4c3)n2)c1. The number of H-pyrrole nitrogens is 1. The number of nitrogens with one attached hydrogen (secondary N) is 1. The van der Waals surface area contributed by atoms with Crippen LogP contribution in [0.1, 0.15) is 21.9 Å². The molecule has 0 aliphatic carbocycles. The molecule has 0 spiro atoms. The number of methoxy groups -OCH3 is 1. The number of ether oxygens (including phenoxy) is 3. The molecule has 4 aromatic rings. The Morgan fingerprint density at radius 2 is 1.74 bits per heavy atom. The fourth-order valence-corrected chi connectivity index (χ4v) is 4.50. The standard InChI is InChI=1S/C29H34N6O4/c1-34-9-11-35(12-10-34)29(36)27-19-22-17-21(3-4-24(22)32-27)18-28-31-8-6-25(33-28)26-20-23(5-7-30-26)39-16-15-38-14-13-37-2/h3-8,17,19-20,32H,9-16,18H2,1-2H3. The van der Waals surface area contributed by atoms with Crippen molar-refractivity contribution in [1.82, 2.24) is 29.7 Å². The maximum atomic E-state index is 13.0. The van der Waals surface area contributed by atoms with Crippen LogP contribution in [-0.4, -0.2) is 102 Å². The lowest BCUT2D eigenvalue weighted by Crippen LogP contribution is -2.47. The van der Waals surface area contributed by atoms with Gasteiger partial charge in [-0.1, -0.05) is 6.07 Å². The van der Waals surface area contributed by atoms with E-state index in [2.05, 4.69) is 33.0 Å². The molecule has 1 aliphatic heterocycles. The van der Waals surface area contributed by atoms with Gasteiger partial charge < -0.3 is 29.0 Å². The fraction of sp³-hybridized carbons (Fsp3) is 0.379. The Labute approximate surface area is 227 Å². The Morgan fingerprint density at radius 3 is 2.59 bits per heavy atom. The van der Waals surface area contributed by atoms with Crippen LogP contribution in [0.5, 0.6) is 5.75 Å². The molecule has 10 nitrogen and oxygen atoms in total. The zero-order valence-electron chi connectivity index (χ0n) is 22.4. The van der Waals surface area contributed by atoms with Crippen molar-refractivity contribution < 1.29 is 19.0 Å². The van der Waals surface area contributed by atoms with Gasteiger partial charge >= 0.3 is 0 Å². The van der Waals surface area contributed by atoms with Crippen molar-refractivity contribution in [1.29, 1.82) is 0 Å². The number of rotatable bonds is 11. The zero-order chi connectivity index (χ0) is 27.0. The van der Waals surface area contributed by atoms with Crippen LogP contribution >= 0.6 is 0 Å². The Bertz CT molecular complexity index is 1400. The van der Waals surface area contributed by atoms with Crippen molar-refractivity contribution in [3.8, 4) is 17.1 Å². The minimum Gasteiger partial charge on any atom is -0.491 e. The van der Waals surface area contributed by atoms with Gasteiger partial charge in [0.25, 0.3) is 5.91 Å². The number of likely N-dealkylation sites (N-methyl/N-ethyl adjacent to an activating group) is 1. The number of fused-ring (bicyclic) bond motifs is 1. The van der Waals surface area contributed by atoms with Crippen molar-refractivity contribution in [2.45, 2.75) is 6.42 Å². The second-order valence-corrected chi connectivity index (χ2v) is 9.57. The van der Waals surface area contributed by atoms with Gasteiger partial charge in [0.05, 0.1) is 31.2 Å². The summed E-state index contributed by atoms with van der Waals surface area (Å²) in [6.07, 6.45) is 4.02. The summed E-state index contributed by atoms with van der Waals surface area (Å²) >= 11 is 0. The second kappa shape index (κ2) is 12.8. The predicted octanol–water partition coefficient (Wildman–Crippen LogP) is 3.04. The summed E-state index contributed by atoms with van der Waals surface area (Å²) < 4.78 is 16.2. The Kier molecular flexibility index (Phi) is 8.77. The van der Waals surface area contributed by atoms with Crippen LogP contribution < -0.4 is 4.74 Å². The molecule has 1 amide bonds. The monoisotopic (exact) mass is 530 g/mol. The highest BCUT2D eigenvalue weighted by Crippen LogP contribution is 2.22. The first-order valence-electron chi connectivity index (χ1n) is 13.2. The second-order valence-electron chi connectivity index (χ2n) is 9.57. The first-order chi connectivity index (χ1) is 19.1. The van der Waals surface area contributed by atoms with E-state index in [4.69, 9.17) is 19.2 Å². The molecule has 1 saturated heterocycles. The molecule has 0 bridgehead atoms. The van der Waals surface area contributed by atoms with Gasteiger partial charge in [0.1, 0.15) is 23.9 Å². The summed E-state index contributed by atoms with van der Waals surface area (Å²) in [6, 6.07) is 13.6. The maximum Gasteiger partial charge on any atom is 0.270 e. The van der Waals surface area contributed by atoms with E-state index in [0.29, 0.717) is 55.8 Å². The zero-order valence-corrected chi connectivity index (χ0v) is 22.4. The number of nitrogens with zero attached hydrogens (tertiary/aromatic N) is 5. The molecule has 4 heterocycles. The summed E-state index contributed by atoms with van der Waals surface area (Å²) in [4.78, 5) is 34.1. The van der Waals surface area contributed by atoms with Gasteiger partial charge in [-0.15, -0.1) is 0 Å². The minimum atomic E-state index is 0.0502. The lowest BCUT2D eigenvalue weighted by Gasteiger charge is -2.32. The van der Waals surface area contributed by atoms with Crippen LogP contribution in [0, 0.1) is 0 Å². The molecule has 0 unspecified atom stereocenters. The van der Waals surface area contributed by atoms with E-state index in [-0.39, 0.29) is 5.91 Å². The first-order valence-corrected chi connectivity index (χ1v) is 13.2. The van der Waals surface area contributed by atoms with Crippen molar-refractivity contribution in [3.05, 3.63) is 71.9 Å². The highest BCUT2D eigenvalue weighted by Gasteiger charge is 2.21. The molecule has 0 saturated carbocycles. The van der Waals surface area contributed by atoms with E-state index in [0.717, 1.165) is 48.3 Å². The van der Waals surface area contributed by atoms with E-state index in [9.17, 15) is 4.79 Å². The van der Waals surface area contributed by atoms with Gasteiger partial charge in [0, 0.05) is 69.1 Å². The highest BCUT2D eigenvalue weighted by molar-refractivity contribution is 5.98. The average molecular weight is 531 g/mol. The van der Waals surface area contributed by atoms with Crippen LogP contribution in [0.2, 0.25) is 0 Å². The lowest BCUT2D eigenvalue weighted by atomic mass is 10.1. The van der Waals surface area contributed by atoms with Crippen LogP contribution in [0.4, 0.5) is 0 Å². The molecular formula is C29H34N6O4. The van der Waals surface area contributed by atoms with Crippen LogP contribution in [0.3, 0.4) is 0 Å². The van der Waals surface area contributed by atoms with E-state index in [1.54, 1.807) is 19.5 Å². The van der Waals surface area contributed by atoms with Crippen LogP contribution in [-0.2, 0) is 15.9 Å². The minimum absolute atomic E-state index is 0.0502. The van der Waals surface area contributed by atoms with Crippen molar-refractivity contribution in [2.75, 3.05) is 66.8 Å². The summed E-state index contributed by atoms with van der Waals surface area (Å²) in [6.45, 7) is 5.30. The normalized spacial score (nSPS) is 14.2. The van der Waals surface area contributed by atoms with Crippen LogP contribution in [0.15, 0.2) is 54.9 Å². The number of benzene rings is 1. The van der Waals surface area contributed by atoms with E-state index in [1.807, 2.05) is 41.3 Å². The van der Waals surface area contributed by atoms with Crippen LogP contribution in [0.25, 0.3) is 22.3 Å². The molecule has 1 N–H and O–H groups in total. The molecule has 1 aliphatic rings. The topological polar surface area (TPSA) is 106 Å². The van der Waals surface area contributed by atoms with Crippen molar-refractivity contribution in [3.63, 3.8) is 0 Å². The highest BCUT2D eigenvalue weighted by atomic mass is 16.5. The molecule has 1 aromatic carbocycles. The van der Waals surface area contributed by atoms with Gasteiger partial charge in [-0.25, -0.2) is 9.97 Å². The molecule has 39 heavy (non-hydrogen) atoms. The number of aromatic nitrogens is 4. The molecule has 0 radical (unpaired) electrons. The molecule has 3 aromatic heterocycles. The maximum absolute atomic E-state index is 13.0. The Hall–Kier alpha value is -3.86. The molecule has 5 rings (SSSR count). The predicted molar refractivity (Wildman–Crippen MR) is 148 cm³/mol. The number of carbonyl (C=O) groups excluding carboxylic acids is 1. The Morgan fingerprint density at radius 1 is 0.923 bits per heavy atom. The summed E-state index contributed by atoms with van der Waals surface area (Å²) in [5.74, 6) is 1.44. The number of hydrogen-bond donors (Lipinski definition) is 1. The number of hydrogen-bond acceptors (Lipinski definition) is 8. The van der Waals surface area contributed by atoms with Gasteiger partial charge in [-0.2, -0.15) is 0 Å². The largest absolute Gasteiger partial charge is 0.491 e. The quantitative estimate of drug-likeness (QED) is 0.295. The first kappa shape index (κ1) is 26.7. The number of amides is 1. The average Bonchev–Trinajstić information content (AvgIpc) is 3.39. The molecule has 204 valence electrons. The van der Waals surface area contributed by atoms with Gasteiger partial charge in [-0.05, 0) is 42.9 Å². The fourth-order valence-electron chi connectivity index (χ4n) is 4.50. The number of pyridine rings is 1. The third-order valence-corrected chi connectivity index (χ3v) is 6.70.